The van der Waals surface area contributed by atoms with Crippen LogP contribution in [0.25, 0.3) is 0 Å². The highest BCUT2D eigenvalue weighted by molar-refractivity contribution is 4.66. The number of nitrogens with two attached hydrogens (primary N) is 1. The summed E-state index contributed by atoms with van der Waals surface area (Å²) in [6, 6.07) is 0. The van der Waals surface area contributed by atoms with Gasteiger partial charge in [-0.3, -0.25) is 5.84 Å². The molecule has 1 saturated heterocycles. The summed E-state index contributed by atoms with van der Waals surface area (Å²) in [7, 11) is 0. The Balaban J connectivity index is 2.13. The molecule has 1 fully saturated rings. The summed E-state index contributed by atoms with van der Waals surface area (Å²) in [4.78, 5) is 0. The zero-order valence-electron chi connectivity index (χ0n) is 4.98. The SMILES string of the molecule is NNC1CCCCN1. The minimum Gasteiger partial charge on any atom is -0.301 e. The fourth-order valence-electron chi connectivity index (χ4n) is 0.994. The zero-order valence-corrected chi connectivity index (χ0v) is 4.98. The normalized spacial score (nSPS) is 30.4. The van der Waals surface area contributed by atoms with Gasteiger partial charge in [0, 0.05) is 0 Å². The van der Waals surface area contributed by atoms with Crippen molar-refractivity contribution in [3.8, 4) is 0 Å². The highest BCUT2D eigenvalue weighted by atomic mass is 15.3. The molecule has 0 aromatic heterocycles. The molecule has 1 atom stereocenters. The Hall–Kier alpha value is -0.120. The van der Waals surface area contributed by atoms with Crippen LogP contribution in [-0.4, -0.2) is 12.7 Å². The second-order valence-corrected chi connectivity index (χ2v) is 2.17. The van der Waals surface area contributed by atoms with Gasteiger partial charge in [-0.1, -0.05) is 0 Å². The average Bonchev–Trinajstić information content (AvgIpc) is 1.90. The summed E-state index contributed by atoms with van der Waals surface area (Å²) in [6.07, 6.45) is 4.11. The molecule has 0 amide bonds. The van der Waals surface area contributed by atoms with Gasteiger partial charge in [-0.2, -0.15) is 0 Å². The van der Waals surface area contributed by atoms with Crippen LogP contribution in [0.15, 0.2) is 0 Å². The van der Waals surface area contributed by atoms with Gasteiger partial charge in [0.25, 0.3) is 0 Å². The molecule has 1 unspecified atom stereocenters. The van der Waals surface area contributed by atoms with Gasteiger partial charge in [0.1, 0.15) is 0 Å². The molecule has 1 heterocycles. The largest absolute Gasteiger partial charge is 0.301 e. The Kier molecular flexibility index (Phi) is 2.27. The molecule has 0 aromatic rings. The molecule has 1 aliphatic heterocycles. The van der Waals surface area contributed by atoms with E-state index in [4.69, 9.17) is 5.84 Å². The Morgan fingerprint density at radius 2 is 2.38 bits per heavy atom. The molecule has 1 rings (SSSR count). The van der Waals surface area contributed by atoms with Crippen LogP contribution in [0.5, 0.6) is 0 Å². The molecule has 0 saturated carbocycles. The summed E-state index contributed by atoms with van der Waals surface area (Å²) in [5.74, 6) is 5.19. The minimum atomic E-state index is 0.365. The van der Waals surface area contributed by atoms with E-state index in [0.29, 0.717) is 6.17 Å². The van der Waals surface area contributed by atoms with Crippen LogP contribution in [0.2, 0.25) is 0 Å². The Labute approximate surface area is 49.6 Å². The molecule has 0 bridgehead atoms. The second kappa shape index (κ2) is 3.02. The fraction of sp³-hybridized carbons (Fsp3) is 1.00. The van der Waals surface area contributed by atoms with Crippen molar-refractivity contribution in [1.29, 1.82) is 0 Å². The summed E-state index contributed by atoms with van der Waals surface area (Å²) < 4.78 is 0. The first-order valence-corrected chi connectivity index (χ1v) is 3.13. The maximum atomic E-state index is 5.19. The number of hydrazine groups is 1. The lowest BCUT2D eigenvalue weighted by Crippen LogP contribution is -2.48. The van der Waals surface area contributed by atoms with Crippen molar-refractivity contribution < 1.29 is 0 Å². The Morgan fingerprint density at radius 3 is 2.75 bits per heavy atom. The van der Waals surface area contributed by atoms with Gasteiger partial charge in [0.2, 0.25) is 0 Å². The lowest BCUT2D eigenvalue weighted by atomic mass is 10.1. The van der Waals surface area contributed by atoms with E-state index in [1.807, 2.05) is 0 Å². The number of hydrogen-bond donors (Lipinski definition) is 3. The number of nitrogens with one attached hydrogen (secondary N) is 2. The topological polar surface area (TPSA) is 50.1 Å². The van der Waals surface area contributed by atoms with Crippen molar-refractivity contribution in [2.45, 2.75) is 25.4 Å². The van der Waals surface area contributed by atoms with Crippen LogP contribution in [0.1, 0.15) is 19.3 Å². The highest BCUT2D eigenvalue weighted by Gasteiger charge is 2.08. The van der Waals surface area contributed by atoms with E-state index < -0.39 is 0 Å². The summed E-state index contributed by atoms with van der Waals surface area (Å²) in [5, 5.41) is 3.23. The van der Waals surface area contributed by atoms with Crippen LogP contribution in [0.3, 0.4) is 0 Å². The predicted octanol–water partition coefficient (Wildman–Crippen LogP) is -0.451. The van der Waals surface area contributed by atoms with Crippen LogP contribution in [-0.2, 0) is 0 Å². The first-order chi connectivity index (χ1) is 3.93. The van der Waals surface area contributed by atoms with Crippen molar-refractivity contribution in [3.05, 3.63) is 0 Å². The van der Waals surface area contributed by atoms with Crippen molar-refractivity contribution in [3.63, 3.8) is 0 Å². The standard InChI is InChI=1S/C5H13N3/c6-8-5-3-1-2-4-7-5/h5,7-8H,1-4,6H2. The van der Waals surface area contributed by atoms with E-state index in [0.717, 1.165) is 13.0 Å². The van der Waals surface area contributed by atoms with Crippen molar-refractivity contribution in [2.75, 3.05) is 6.54 Å². The molecule has 3 nitrogen and oxygen atoms in total. The van der Waals surface area contributed by atoms with E-state index in [1.165, 1.54) is 12.8 Å². The zero-order chi connectivity index (χ0) is 5.82. The van der Waals surface area contributed by atoms with Gasteiger partial charge in [0.15, 0.2) is 0 Å². The molecule has 0 aromatic carbocycles. The molecule has 4 N–H and O–H groups in total. The third kappa shape index (κ3) is 1.43. The van der Waals surface area contributed by atoms with Crippen molar-refractivity contribution in [2.24, 2.45) is 5.84 Å². The van der Waals surface area contributed by atoms with Crippen molar-refractivity contribution in [1.82, 2.24) is 10.7 Å². The lowest BCUT2D eigenvalue weighted by molar-refractivity contribution is 0.349. The second-order valence-electron chi connectivity index (χ2n) is 2.17. The molecule has 0 spiro atoms. The number of hydrogen-bond acceptors (Lipinski definition) is 3. The van der Waals surface area contributed by atoms with Crippen LogP contribution in [0.4, 0.5) is 0 Å². The highest BCUT2D eigenvalue weighted by Crippen LogP contribution is 2.02. The minimum absolute atomic E-state index is 0.365. The maximum Gasteiger partial charge on any atom is 0.0701 e. The number of rotatable bonds is 1. The first-order valence-electron chi connectivity index (χ1n) is 3.13. The first kappa shape index (κ1) is 6.01. The third-order valence-electron chi connectivity index (χ3n) is 1.51. The molecular formula is C5H13N3. The van der Waals surface area contributed by atoms with Gasteiger partial charge in [-0.15, -0.1) is 0 Å². The molecule has 0 aliphatic carbocycles. The monoisotopic (exact) mass is 115 g/mol. The van der Waals surface area contributed by atoms with Gasteiger partial charge in [0.05, 0.1) is 6.17 Å². The number of piperidine rings is 1. The molecular weight excluding hydrogens is 102 g/mol. The van der Waals surface area contributed by atoms with Crippen molar-refractivity contribution >= 4 is 0 Å². The quantitative estimate of drug-likeness (QED) is 0.320. The van der Waals surface area contributed by atoms with E-state index in [2.05, 4.69) is 10.7 Å². The van der Waals surface area contributed by atoms with Crippen LogP contribution < -0.4 is 16.6 Å². The van der Waals surface area contributed by atoms with E-state index in [-0.39, 0.29) is 0 Å². The third-order valence-corrected chi connectivity index (χ3v) is 1.51. The van der Waals surface area contributed by atoms with Crippen LogP contribution >= 0.6 is 0 Å². The summed E-state index contributed by atoms with van der Waals surface area (Å²) in [5.41, 5.74) is 2.69. The van der Waals surface area contributed by atoms with Gasteiger partial charge < -0.3 is 5.32 Å². The van der Waals surface area contributed by atoms with E-state index in [1.54, 1.807) is 0 Å². The average molecular weight is 115 g/mol. The van der Waals surface area contributed by atoms with E-state index >= 15 is 0 Å². The van der Waals surface area contributed by atoms with Gasteiger partial charge in [-0.25, -0.2) is 5.43 Å². The summed E-state index contributed by atoms with van der Waals surface area (Å²) >= 11 is 0. The predicted molar refractivity (Wildman–Crippen MR) is 33.0 cm³/mol. The fourth-order valence-corrected chi connectivity index (χ4v) is 0.994. The molecule has 1 aliphatic rings. The van der Waals surface area contributed by atoms with Gasteiger partial charge in [-0.05, 0) is 25.8 Å². The molecule has 8 heavy (non-hydrogen) atoms. The molecule has 0 radical (unpaired) electrons. The smallest absolute Gasteiger partial charge is 0.0701 e. The van der Waals surface area contributed by atoms with E-state index in [9.17, 15) is 0 Å². The van der Waals surface area contributed by atoms with Gasteiger partial charge >= 0.3 is 0 Å². The maximum absolute atomic E-state index is 5.19. The lowest BCUT2D eigenvalue weighted by Gasteiger charge is -2.21. The molecule has 3 heteroatoms. The summed E-state index contributed by atoms with van der Waals surface area (Å²) in [6.45, 7) is 1.11. The Morgan fingerprint density at radius 1 is 1.50 bits per heavy atom. The Bertz CT molecular complexity index is 58.7. The van der Waals surface area contributed by atoms with Crippen LogP contribution in [0, 0.1) is 0 Å². The molecule has 48 valence electrons.